The lowest BCUT2D eigenvalue weighted by molar-refractivity contribution is 0.878. The van der Waals surface area contributed by atoms with Gasteiger partial charge < -0.3 is 0 Å². The average Bonchev–Trinajstić information content (AvgIpc) is 2.69. The molecule has 0 aliphatic heterocycles. The molecule has 0 saturated heterocycles. The van der Waals surface area contributed by atoms with Crippen LogP contribution in [0.5, 0.6) is 0 Å². The molecule has 4 heteroatoms. The summed E-state index contributed by atoms with van der Waals surface area (Å²) >= 11 is 0. The molecule has 0 saturated carbocycles. The normalized spacial score (nSPS) is 10.9. The molecule has 0 aliphatic rings. The van der Waals surface area contributed by atoms with Crippen LogP contribution >= 0.6 is 0 Å². The first-order valence-electron chi connectivity index (χ1n) is 4.31. The first-order chi connectivity index (χ1) is 6.86. The Bertz CT molecular complexity index is 431. The Morgan fingerprint density at radius 3 is 2.64 bits per heavy atom. The minimum atomic E-state index is 1.10. The SMILES string of the molecule is Cc1ccccc1/C=N\n1cnnc1. The van der Waals surface area contributed by atoms with Crippen molar-refractivity contribution < 1.29 is 0 Å². The Labute approximate surface area is 81.9 Å². The van der Waals surface area contributed by atoms with Gasteiger partial charge in [-0.3, -0.25) is 0 Å². The van der Waals surface area contributed by atoms with Gasteiger partial charge in [0, 0.05) is 0 Å². The Morgan fingerprint density at radius 2 is 1.93 bits per heavy atom. The highest BCUT2D eigenvalue weighted by Gasteiger charge is 1.91. The Hall–Kier alpha value is -1.97. The van der Waals surface area contributed by atoms with E-state index in [-0.39, 0.29) is 0 Å². The molecule has 1 aromatic carbocycles. The van der Waals surface area contributed by atoms with Gasteiger partial charge in [-0.15, -0.1) is 10.2 Å². The monoisotopic (exact) mass is 186 g/mol. The van der Waals surface area contributed by atoms with Crippen LogP contribution in [0.2, 0.25) is 0 Å². The summed E-state index contributed by atoms with van der Waals surface area (Å²) in [6, 6.07) is 8.06. The molecule has 1 heterocycles. The largest absolute Gasteiger partial charge is 0.208 e. The second-order valence-electron chi connectivity index (χ2n) is 2.94. The summed E-state index contributed by atoms with van der Waals surface area (Å²) in [5, 5.41) is 11.5. The number of hydrogen-bond donors (Lipinski definition) is 0. The summed E-state index contributed by atoms with van der Waals surface area (Å²) in [4.78, 5) is 0. The molecule has 2 aromatic rings. The number of nitrogens with zero attached hydrogens (tertiary/aromatic N) is 4. The van der Waals surface area contributed by atoms with Crippen LogP contribution in [0.15, 0.2) is 42.0 Å². The fourth-order valence-corrected chi connectivity index (χ4v) is 1.12. The lowest BCUT2D eigenvalue weighted by Gasteiger charge is -1.97. The Kier molecular flexibility index (Phi) is 2.36. The molecular weight excluding hydrogens is 176 g/mol. The molecule has 0 unspecified atom stereocenters. The van der Waals surface area contributed by atoms with E-state index in [0.717, 1.165) is 5.56 Å². The van der Waals surface area contributed by atoms with E-state index in [2.05, 4.69) is 15.3 Å². The fourth-order valence-electron chi connectivity index (χ4n) is 1.12. The molecule has 0 radical (unpaired) electrons. The second-order valence-corrected chi connectivity index (χ2v) is 2.94. The van der Waals surface area contributed by atoms with Crippen molar-refractivity contribution in [1.82, 2.24) is 14.9 Å². The molecule has 0 spiro atoms. The third-order valence-electron chi connectivity index (χ3n) is 1.93. The van der Waals surface area contributed by atoms with Gasteiger partial charge in [-0.25, -0.2) is 4.68 Å². The summed E-state index contributed by atoms with van der Waals surface area (Å²) < 4.78 is 1.56. The van der Waals surface area contributed by atoms with Crippen molar-refractivity contribution in [2.24, 2.45) is 5.10 Å². The van der Waals surface area contributed by atoms with Crippen LogP contribution in [0.4, 0.5) is 0 Å². The van der Waals surface area contributed by atoms with Crippen molar-refractivity contribution in [3.63, 3.8) is 0 Å². The van der Waals surface area contributed by atoms with Gasteiger partial charge in [0.25, 0.3) is 0 Å². The van der Waals surface area contributed by atoms with Crippen LogP contribution in [-0.4, -0.2) is 21.1 Å². The molecule has 0 aliphatic carbocycles. The zero-order valence-corrected chi connectivity index (χ0v) is 7.83. The van der Waals surface area contributed by atoms with Gasteiger partial charge in [0.15, 0.2) is 0 Å². The van der Waals surface area contributed by atoms with Gasteiger partial charge in [0.1, 0.15) is 12.7 Å². The minimum Gasteiger partial charge on any atom is -0.208 e. The van der Waals surface area contributed by atoms with Gasteiger partial charge in [-0.05, 0) is 18.1 Å². The predicted octanol–water partition coefficient (Wildman–Crippen LogP) is 1.47. The third kappa shape index (κ3) is 1.85. The van der Waals surface area contributed by atoms with Gasteiger partial charge >= 0.3 is 0 Å². The number of hydrogen-bond acceptors (Lipinski definition) is 3. The van der Waals surface area contributed by atoms with E-state index < -0.39 is 0 Å². The van der Waals surface area contributed by atoms with Crippen LogP contribution in [-0.2, 0) is 0 Å². The lowest BCUT2D eigenvalue weighted by atomic mass is 10.1. The van der Waals surface area contributed by atoms with Crippen molar-refractivity contribution >= 4 is 6.21 Å². The fraction of sp³-hybridized carbons (Fsp3) is 0.100. The maximum absolute atomic E-state index is 4.16. The van der Waals surface area contributed by atoms with Gasteiger partial charge in [-0.2, -0.15) is 5.10 Å². The zero-order valence-electron chi connectivity index (χ0n) is 7.83. The maximum Gasteiger partial charge on any atom is 0.141 e. The molecule has 0 atom stereocenters. The molecule has 2 rings (SSSR count). The van der Waals surface area contributed by atoms with Crippen molar-refractivity contribution in [1.29, 1.82) is 0 Å². The summed E-state index contributed by atoms with van der Waals surface area (Å²) in [6.45, 7) is 2.05. The van der Waals surface area contributed by atoms with Crippen molar-refractivity contribution in [3.8, 4) is 0 Å². The molecule has 0 amide bonds. The van der Waals surface area contributed by atoms with Gasteiger partial charge in [0.05, 0.1) is 6.21 Å². The van der Waals surface area contributed by atoms with E-state index in [1.807, 2.05) is 31.2 Å². The van der Waals surface area contributed by atoms with E-state index in [4.69, 9.17) is 0 Å². The summed E-state index contributed by atoms with van der Waals surface area (Å²) in [7, 11) is 0. The van der Waals surface area contributed by atoms with Crippen LogP contribution in [0.3, 0.4) is 0 Å². The molecule has 1 aromatic heterocycles. The van der Waals surface area contributed by atoms with Crippen molar-refractivity contribution in [3.05, 3.63) is 48.0 Å². The van der Waals surface area contributed by atoms with E-state index in [9.17, 15) is 0 Å². The first-order valence-corrected chi connectivity index (χ1v) is 4.31. The van der Waals surface area contributed by atoms with E-state index >= 15 is 0 Å². The summed E-state index contributed by atoms with van der Waals surface area (Å²) in [5.74, 6) is 0. The van der Waals surface area contributed by atoms with Crippen molar-refractivity contribution in [2.75, 3.05) is 0 Å². The topological polar surface area (TPSA) is 43.1 Å². The van der Waals surface area contributed by atoms with Crippen molar-refractivity contribution in [2.45, 2.75) is 6.92 Å². The number of benzene rings is 1. The third-order valence-corrected chi connectivity index (χ3v) is 1.93. The van der Waals surface area contributed by atoms with Crippen LogP contribution in [0.25, 0.3) is 0 Å². The molecule has 0 bridgehead atoms. The van der Waals surface area contributed by atoms with Gasteiger partial charge in [0.2, 0.25) is 0 Å². The van der Waals surface area contributed by atoms with E-state index in [1.165, 1.54) is 5.56 Å². The molecular formula is C10H10N4. The number of aryl methyl sites for hydroxylation is 1. The summed E-state index contributed by atoms with van der Waals surface area (Å²) in [6.07, 6.45) is 4.89. The van der Waals surface area contributed by atoms with Crippen LogP contribution in [0.1, 0.15) is 11.1 Å². The number of rotatable bonds is 2. The quantitative estimate of drug-likeness (QED) is 0.666. The van der Waals surface area contributed by atoms with Crippen LogP contribution < -0.4 is 0 Å². The molecule has 0 fully saturated rings. The Balaban J connectivity index is 2.23. The predicted molar refractivity (Wildman–Crippen MR) is 54.2 cm³/mol. The average molecular weight is 186 g/mol. The standard InChI is InChI=1S/C10H10N4/c1-9-4-2-3-5-10(9)6-13-14-7-11-12-8-14/h2-8H,1H3/b13-6-. The molecule has 0 N–H and O–H groups in total. The Morgan fingerprint density at radius 1 is 1.21 bits per heavy atom. The molecule has 4 nitrogen and oxygen atoms in total. The highest BCUT2D eigenvalue weighted by molar-refractivity contribution is 5.81. The smallest absolute Gasteiger partial charge is 0.141 e. The molecule has 14 heavy (non-hydrogen) atoms. The second kappa shape index (κ2) is 3.83. The lowest BCUT2D eigenvalue weighted by Crippen LogP contribution is -1.89. The van der Waals surface area contributed by atoms with E-state index in [0.29, 0.717) is 0 Å². The number of aromatic nitrogens is 3. The first kappa shape index (κ1) is 8.62. The minimum absolute atomic E-state index is 1.10. The van der Waals surface area contributed by atoms with Gasteiger partial charge in [-0.1, -0.05) is 24.3 Å². The zero-order chi connectivity index (χ0) is 9.80. The summed E-state index contributed by atoms with van der Waals surface area (Å²) in [5.41, 5.74) is 2.30. The maximum atomic E-state index is 4.16. The highest BCUT2D eigenvalue weighted by atomic mass is 15.4. The van der Waals surface area contributed by atoms with E-state index in [1.54, 1.807) is 23.5 Å². The van der Waals surface area contributed by atoms with Crippen LogP contribution in [0, 0.1) is 6.92 Å². The highest BCUT2D eigenvalue weighted by Crippen LogP contribution is 2.03. The molecule has 70 valence electrons.